The number of benzene rings is 9. The highest BCUT2D eigenvalue weighted by Crippen LogP contribution is 2.46. The summed E-state index contributed by atoms with van der Waals surface area (Å²) in [5, 5.41) is 7.00. The van der Waals surface area contributed by atoms with E-state index in [9.17, 15) is 0 Å². The number of aromatic nitrogens is 1. The van der Waals surface area contributed by atoms with Gasteiger partial charge in [0, 0.05) is 38.3 Å². The number of furan rings is 1. The lowest BCUT2D eigenvalue weighted by Crippen LogP contribution is -2.11. The molecule has 62 heavy (non-hydrogen) atoms. The molecule has 0 spiro atoms. The molecule has 11 aromatic rings. The average molecular weight is 795 g/mol. The number of hydrogen-bond donors (Lipinski definition) is 0. The molecule has 3 heteroatoms. The van der Waals surface area contributed by atoms with Crippen molar-refractivity contribution in [3.05, 3.63) is 242 Å². The molecule has 0 saturated heterocycles. The maximum atomic E-state index is 6.71. The minimum atomic E-state index is 0.855. The fourth-order valence-electron chi connectivity index (χ4n) is 9.10. The number of para-hydroxylation sites is 4. The quantitative estimate of drug-likeness (QED) is 0.136. The number of nitrogens with zero attached hydrogens (tertiary/aromatic N) is 2. The van der Waals surface area contributed by atoms with Gasteiger partial charge in [-0.15, -0.1) is 0 Å². The second-order valence-electron chi connectivity index (χ2n) is 15.6. The molecule has 0 saturated carbocycles. The maximum absolute atomic E-state index is 6.71. The third-order valence-corrected chi connectivity index (χ3v) is 11.9. The summed E-state index contributed by atoms with van der Waals surface area (Å²) in [4.78, 5) is 2.36. The summed E-state index contributed by atoms with van der Waals surface area (Å²) in [7, 11) is 0. The summed E-state index contributed by atoms with van der Waals surface area (Å²) in [6.45, 7) is 2.05. The lowest BCUT2D eigenvalue weighted by atomic mass is 9.95. The van der Waals surface area contributed by atoms with Gasteiger partial charge in [-0.05, 0) is 101 Å². The molecule has 0 fully saturated rings. The van der Waals surface area contributed by atoms with Gasteiger partial charge in [-0.25, -0.2) is 0 Å². The van der Waals surface area contributed by atoms with Crippen molar-refractivity contribution < 1.29 is 4.42 Å². The molecule has 0 amide bonds. The van der Waals surface area contributed by atoms with E-state index in [2.05, 4.69) is 247 Å². The third kappa shape index (κ3) is 6.48. The first-order chi connectivity index (χ1) is 30.7. The van der Waals surface area contributed by atoms with Crippen LogP contribution >= 0.6 is 0 Å². The number of anilines is 3. The molecule has 0 aliphatic carbocycles. The van der Waals surface area contributed by atoms with Crippen LogP contribution in [0.3, 0.4) is 0 Å². The van der Waals surface area contributed by atoms with E-state index in [0.717, 1.165) is 55.6 Å². The van der Waals surface area contributed by atoms with E-state index in [-0.39, 0.29) is 0 Å². The lowest BCUT2D eigenvalue weighted by Gasteiger charge is -2.27. The summed E-state index contributed by atoms with van der Waals surface area (Å²) in [5.74, 6) is 0. The van der Waals surface area contributed by atoms with Crippen LogP contribution in [0, 0.1) is 0 Å². The van der Waals surface area contributed by atoms with Crippen LogP contribution in [0.2, 0.25) is 0 Å². The Kier molecular flexibility index (Phi) is 9.40. The Morgan fingerprint density at radius 3 is 2.00 bits per heavy atom. The molecule has 3 nitrogen and oxygen atoms in total. The van der Waals surface area contributed by atoms with E-state index in [1.165, 1.54) is 49.5 Å². The molecule has 0 atom stereocenters. The zero-order chi connectivity index (χ0) is 41.4. The minimum absolute atomic E-state index is 0.855. The smallest absolute Gasteiger partial charge is 0.159 e. The van der Waals surface area contributed by atoms with Gasteiger partial charge in [-0.3, -0.25) is 0 Å². The molecule has 0 unspecified atom stereocenters. The third-order valence-electron chi connectivity index (χ3n) is 11.9. The summed E-state index contributed by atoms with van der Waals surface area (Å²) in [5.41, 5.74) is 14.2. The summed E-state index contributed by atoms with van der Waals surface area (Å²) >= 11 is 0. The van der Waals surface area contributed by atoms with Crippen molar-refractivity contribution in [2.75, 3.05) is 4.90 Å². The minimum Gasteiger partial charge on any atom is -0.454 e. The van der Waals surface area contributed by atoms with Crippen LogP contribution in [-0.4, -0.2) is 4.57 Å². The van der Waals surface area contributed by atoms with E-state index < -0.39 is 0 Å². The van der Waals surface area contributed by atoms with E-state index in [1.807, 2.05) is 6.07 Å². The Morgan fingerprint density at radius 1 is 0.516 bits per heavy atom. The van der Waals surface area contributed by atoms with Crippen molar-refractivity contribution in [1.82, 2.24) is 4.57 Å². The van der Waals surface area contributed by atoms with Crippen LogP contribution < -0.4 is 4.90 Å². The fraction of sp³-hybridized carbons (Fsp3) is 0.0169. The van der Waals surface area contributed by atoms with Crippen molar-refractivity contribution in [3.63, 3.8) is 0 Å². The van der Waals surface area contributed by atoms with Gasteiger partial charge >= 0.3 is 0 Å². The van der Waals surface area contributed by atoms with Crippen LogP contribution in [0.5, 0.6) is 0 Å². The van der Waals surface area contributed by atoms with E-state index >= 15 is 0 Å². The Labute approximate surface area is 361 Å². The number of fused-ring (bicyclic) bond motifs is 7. The molecule has 0 N–H and O–H groups in total. The van der Waals surface area contributed by atoms with E-state index in [1.54, 1.807) is 0 Å². The summed E-state index contributed by atoms with van der Waals surface area (Å²) in [6.07, 6.45) is 10.7. The standard InChI is InChI=1S/C59H42N2O/c1-2-17-42(43-19-5-3-6-20-43)21-15-18-41-32-35-46(36-33-41)61(57-30-16-28-52-51-27-12-14-31-58(51)62-59(52)57)55-39-37-47(48-24-9-10-25-49(48)55)44-34-38-56-53(40-44)50-26-11-13-29-54(50)60(56)45-22-7-4-8-23-45/h2-40H,1H3/b17-2-,18-15+,42-21+. The second kappa shape index (κ2) is 15.8. The normalized spacial score (nSPS) is 12.2. The van der Waals surface area contributed by atoms with Crippen molar-refractivity contribution in [3.8, 4) is 16.8 Å². The molecular weight excluding hydrogens is 753 g/mol. The zero-order valence-corrected chi connectivity index (χ0v) is 34.3. The summed E-state index contributed by atoms with van der Waals surface area (Å²) < 4.78 is 9.08. The van der Waals surface area contributed by atoms with Gasteiger partial charge in [0.2, 0.25) is 0 Å². The largest absolute Gasteiger partial charge is 0.454 e. The molecule has 2 aromatic heterocycles. The molecule has 0 radical (unpaired) electrons. The molecule has 11 rings (SSSR count). The molecular formula is C59H42N2O. The molecule has 0 bridgehead atoms. The van der Waals surface area contributed by atoms with E-state index in [0.29, 0.717) is 0 Å². The highest BCUT2D eigenvalue weighted by Gasteiger charge is 2.22. The van der Waals surface area contributed by atoms with Crippen LogP contribution in [0.25, 0.3) is 83.0 Å². The Bertz CT molecular complexity index is 3510. The molecule has 0 aliphatic heterocycles. The van der Waals surface area contributed by atoms with Crippen LogP contribution in [0.4, 0.5) is 17.1 Å². The van der Waals surface area contributed by atoms with Crippen LogP contribution in [0.15, 0.2) is 235 Å². The van der Waals surface area contributed by atoms with Crippen molar-refractivity contribution in [2.45, 2.75) is 6.92 Å². The SMILES string of the molecule is C\C=C/C(=C\C=C\c1ccc(N(c2ccc(-c3ccc4c(c3)c3ccccc3n4-c3ccccc3)c3ccccc23)c2cccc3c2oc2ccccc23)cc1)c1ccccc1. The number of hydrogen-bond acceptors (Lipinski definition) is 2. The van der Waals surface area contributed by atoms with Gasteiger partial charge in [0.25, 0.3) is 0 Å². The first kappa shape index (κ1) is 36.9. The number of rotatable bonds is 9. The molecule has 294 valence electrons. The second-order valence-corrected chi connectivity index (χ2v) is 15.6. The van der Waals surface area contributed by atoms with Gasteiger partial charge in [0.15, 0.2) is 5.58 Å². The Hall–Kier alpha value is -8.14. The molecule has 9 aromatic carbocycles. The van der Waals surface area contributed by atoms with Gasteiger partial charge in [0.1, 0.15) is 5.58 Å². The van der Waals surface area contributed by atoms with Crippen molar-refractivity contribution in [2.24, 2.45) is 0 Å². The predicted molar refractivity (Wildman–Crippen MR) is 264 cm³/mol. The van der Waals surface area contributed by atoms with Gasteiger partial charge < -0.3 is 13.9 Å². The van der Waals surface area contributed by atoms with Crippen molar-refractivity contribution >= 4 is 83.2 Å². The average Bonchev–Trinajstić information content (AvgIpc) is 3.88. The molecule has 2 heterocycles. The van der Waals surface area contributed by atoms with E-state index in [4.69, 9.17) is 4.42 Å². The predicted octanol–water partition coefficient (Wildman–Crippen LogP) is 16.6. The van der Waals surface area contributed by atoms with Gasteiger partial charge in [0.05, 0.1) is 22.4 Å². The summed E-state index contributed by atoms with van der Waals surface area (Å²) in [6, 6.07) is 73.8. The van der Waals surface area contributed by atoms with Crippen molar-refractivity contribution in [1.29, 1.82) is 0 Å². The maximum Gasteiger partial charge on any atom is 0.159 e. The Balaban J connectivity index is 1.05. The zero-order valence-electron chi connectivity index (χ0n) is 34.3. The monoisotopic (exact) mass is 794 g/mol. The van der Waals surface area contributed by atoms with Gasteiger partial charge in [-0.1, -0.05) is 176 Å². The Morgan fingerprint density at radius 2 is 1.19 bits per heavy atom. The lowest BCUT2D eigenvalue weighted by molar-refractivity contribution is 0.669. The highest BCUT2D eigenvalue weighted by atomic mass is 16.3. The highest BCUT2D eigenvalue weighted by molar-refractivity contribution is 6.14. The van der Waals surface area contributed by atoms with Crippen LogP contribution in [0.1, 0.15) is 18.1 Å². The fourth-order valence-corrected chi connectivity index (χ4v) is 9.10. The molecule has 0 aliphatic rings. The topological polar surface area (TPSA) is 21.3 Å². The number of allylic oxidation sites excluding steroid dienone is 5. The first-order valence-corrected chi connectivity index (χ1v) is 21.2. The first-order valence-electron chi connectivity index (χ1n) is 21.2. The van der Waals surface area contributed by atoms with Gasteiger partial charge in [-0.2, -0.15) is 0 Å². The van der Waals surface area contributed by atoms with Crippen LogP contribution in [-0.2, 0) is 0 Å².